The Morgan fingerprint density at radius 3 is 2.30 bits per heavy atom. The zero-order chi connectivity index (χ0) is 7.98. The minimum absolute atomic E-state index is 0.815. The first-order valence-electron chi connectivity index (χ1n) is 3.32. The van der Waals surface area contributed by atoms with Gasteiger partial charge >= 0.3 is 0 Å². The highest BCUT2D eigenvalue weighted by molar-refractivity contribution is 6.01. The van der Waals surface area contributed by atoms with Crippen LogP contribution >= 0.6 is 0 Å². The molecule has 0 fully saturated rings. The summed E-state index contributed by atoms with van der Waals surface area (Å²) in [6.45, 7) is 5.80. The van der Waals surface area contributed by atoms with Crippen LogP contribution in [0.2, 0.25) is 0 Å². The van der Waals surface area contributed by atoms with E-state index in [2.05, 4.69) is 9.98 Å². The molecule has 2 nitrogen and oxygen atoms in total. The van der Waals surface area contributed by atoms with E-state index in [0.29, 0.717) is 0 Å². The van der Waals surface area contributed by atoms with Crippen molar-refractivity contribution in [2.24, 2.45) is 9.98 Å². The molecule has 0 saturated carbocycles. The molecule has 0 bridgehead atoms. The largest absolute Gasteiger partial charge is 0.274 e. The zero-order valence-corrected chi connectivity index (χ0v) is 7.05. The van der Waals surface area contributed by atoms with Gasteiger partial charge in [0.15, 0.2) is 0 Å². The highest BCUT2D eigenvalue weighted by Crippen LogP contribution is 1.84. The van der Waals surface area contributed by atoms with E-state index in [9.17, 15) is 0 Å². The Bertz CT molecular complexity index is 176. The van der Waals surface area contributed by atoms with E-state index in [1.165, 1.54) is 0 Å². The summed E-state index contributed by atoms with van der Waals surface area (Å²) >= 11 is 0. The number of allylic oxidation sites excluding steroid dienone is 2. The number of aliphatic imine (C=N–C) groups is 2. The second-order valence-corrected chi connectivity index (χ2v) is 2.02. The summed E-state index contributed by atoms with van der Waals surface area (Å²) in [6.07, 6.45) is 3.91. The van der Waals surface area contributed by atoms with Crippen molar-refractivity contribution in [1.29, 1.82) is 0 Å². The fraction of sp³-hybridized carbons (Fsp3) is 0.500. The average molecular weight is 138 g/mol. The number of hydrogen-bond donors (Lipinski definition) is 0. The first kappa shape index (κ1) is 9.08. The molecule has 0 N–H and O–H groups in total. The van der Waals surface area contributed by atoms with Crippen molar-refractivity contribution >= 4 is 11.5 Å². The Balaban J connectivity index is 4.16. The van der Waals surface area contributed by atoms with Crippen molar-refractivity contribution < 1.29 is 0 Å². The van der Waals surface area contributed by atoms with Gasteiger partial charge < -0.3 is 0 Å². The first-order valence-corrected chi connectivity index (χ1v) is 3.32. The summed E-state index contributed by atoms with van der Waals surface area (Å²) in [5.41, 5.74) is 0.991. The van der Waals surface area contributed by atoms with Gasteiger partial charge in [0.1, 0.15) is 5.84 Å². The third-order valence-electron chi connectivity index (χ3n) is 1.07. The molecule has 0 spiro atoms. The van der Waals surface area contributed by atoms with Crippen molar-refractivity contribution in [3.63, 3.8) is 0 Å². The molecule has 0 aliphatic carbocycles. The van der Waals surface area contributed by atoms with Gasteiger partial charge in [0, 0.05) is 12.8 Å². The van der Waals surface area contributed by atoms with Gasteiger partial charge in [0.05, 0.1) is 0 Å². The van der Waals surface area contributed by atoms with Crippen molar-refractivity contribution in [2.45, 2.75) is 20.8 Å². The van der Waals surface area contributed by atoms with E-state index < -0.39 is 0 Å². The minimum atomic E-state index is 0.815. The van der Waals surface area contributed by atoms with Crippen LogP contribution < -0.4 is 0 Å². The van der Waals surface area contributed by atoms with E-state index in [1.807, 2.05) is 32.9 Å². The molecule has 0 aromatic rings. The van der Waals surface area contributed by atoms with Crippen molar-refractivity contribution in [3.8, 4) is 0 Å². The SMILES string of the molecule is C/C=C\C(C)=NC(C)=NC. The molecule has 0 atom stereocenters. The third-order valence-corrected chi connectivity index (χ3v) is 1.07. The van der Waals surface area contributed by atoms with Gasteiger partial charge in [0.2, 0.25) is 0 Å². The summed E-state index contributed by atoms with van der Waals surface area (Å²) in [4.78, 5) is 8.07. The molecule has 0 radical (unpaired) electrons. The van der Waals surface area contributed by atoms with Crippen LogP contribution in [0.1, 0.15) is 20.8 Å². The van der Waals surface area contributed by atoms with Crippen LogP contribution in [0.5, 0.6) is 0 Å². The van der Waals surface area contributed by atoms with Gasteiger partial charge in [-0.25, -0.2) is 4.99 Å². The molecule has 0 rings (SSSR count). The van der Waals surface area contributed by atoms with E-state index in [4.69, 9.17) is 0 Å². The molecular formula is C8H14N2. The summed E-state index contributed by atoms with van der Waals surface area (Å²) in [7, 11) is 1.74. The van der Waals surface area contributed by atoms with Crippen molar-refractivity contribution in [3.05, 3.63) is 12.2 Å². The fourth-order valence-corrected chi connectivity index (χ4v) is 0.584. The molecule has 0 aliphatic rings. The van der Waals surface area contributed by atoms with Crippen LogP contribution in [-0.4, -0.2) is 18.6 Å². The lowest BCUT2D eigenvalue weighted by molar-refractivity contribution is 1.38. The molecule has 2 heteroatoms. The van der Waals surface area contributed by atoms with Gasteiger partial charge in [-0.15, -0.1) is 0 Å². The summed E-state index contributed by atoms with van der Waals surface area (Å²) in [5, 5.41) is 0. The second kappa shape index (κ2) is 4.91. The van der Waals surface area contributed by atoms with E-state index in [0.717, 1.165) is 11.5 Å². The van der Waals surface area contributed by atoms with Gasteiger partial charge in [0.25, 0.3) is 0 Å². The highest BCUT2D eigenvalue weighted by Gasteiger charge is 1.83. The maximum absolute atomic E-state index is 4.16. The maximum atomic E-state index is 4.16. The lowest BCUT2D eigenvalue weighted by atomic mass is 10.4. The molecule has 0 aromatic heterocycles. The number of rotatable bonds is 1. The standard InChI is InChI=1S/C8H14N2/c1-5-6-7(2)10-8(3)9-4/h5-6H,1-4H3/b6-5-,9-8?,10-7?. The monoisotopic (exact) mass is 138 g/mol. The van der Waals surface area contributed by atoms with E-state index >= 15 is 0 Å². The summed E-state index contributed by atoms with van der Waals surface area (Å²) in [6, 6.07) is 0. The van der Waals surface area contributed by atoms with E-state index in [1.54, 1.807) is 7.05 Å². The second-order valence-electron chi connectivity index (χ2n) is 2.02. The van der Waals surface area contributed by atoms with Gasteiger partial charge in [-0.2, -0.15) is 0 Å². The number of hydrogen-bond acceptors (Lipinski definition) is 1. The first-order chi connectivity index (χ1) is 4.70. The topological polar surface area (TPSA) is 24.7 Å². The highest BCUT2D eigenvalue weighted by atomic mass is 14.9. The minimum Gasteiger partial charge on any atom is -0.274 e. The number of amidine groups is 1. The molecule has 10 heavy (non-hydrogen) atoms. The van der Waals surface area contributed by atoms with Crippen LogP contribution in [0.25, 0.3) is 0 Å². The Morgan fingerprint density at radius 2 is 1.90 bits per heavy atom. The summed E-state index contributed by atoms with van der Waals surface area (Å²) in [5.74, 6) is 0.815. The zero-order valence-electron chi connectivity index (χ0n) is 7.05. The Labute approximate surface area is 62.4 Å². The maximum Gasteiger partial charge on any atom is 0.120 e. The van der Waals surface area contributed by atoms with Gasteiger partial charge in [-0.05, 0) is 26.8 Å². The normalized spacial score (nSPS) is 14.8. The van der Waals surface area contributed by atoms with Crippen LogP contribution in [0.3, 0.4) is 0 Å². The number of nitrogens with zero attached hydrogens (tertiary/aromatic N) is 2. The molecular weight excluding hydrogens is 124 g/mol. The average Bonchev–Trinajstić information content (AvgIpc) is 1.88. The lowest BCUT2D eigenvalue weighted by Gasteiger charge is -1.90. The Morgan fingerprint density at radius 1 is 1.30 bits per heavy atom. The van der Waals surface area contributed by atoms with E-state index in [-0.39, 0.29) is 0 Å². The lowest BCUT2D eigenvalue weighted by Crippen LogP contribution is -1.91. The quantitative estimate of drug-likeness (QED) is 0.391. The van der Waals surface area contributed by atoms with Gasteiger partial charge in [-0.1, -0.05) is 6.08 Å². The van der Waals surface area contributed by atoms with Crippen molar-refractivity contribution in [2.75, 3.05) is 7.05 Å². The third kappa shape index (κ3) is 4.01. The molecule has 0 amide bonds. The van der Waals surface area contributed by atoms with Crippen LogP contribution in [0.15, 0.2) is 22.1 Å². The Kier molecular flexibility index (Phi) is 4.46. The Hall–Kier alpha value is -0.920. The van der Waals surface area contributed by atoms with Crippen LogP contribution in [-0.2, 0) is 0 Å². The predicted molar refractivity (Wildman–Crippen MR) is 47.0 cm³/mol. The molecule has 0 saturated heterocycles. The van der Waals surface area contributed by atoms with Crippen molar-refractivity contribution in [1.82, 2.24) is 0 Å². The molecule has 0 aromatic carbocycles. The van der Waals surface area contributed by atoms with Crippen LogP contribution in [0.4, 0.5) is 0 Å². The van der Waals surface area contributed by atoms with Crippen LogP contribution in [0, 0.1) is 0 Å². The molecule has 0 heterocycles. The smallest absolute Gasteiger partial charge is 0.120 e. The predicted octanol–water partition coefficient (Wildman–Crippen LogP) is 2.07. The molecule has 56 valence electrons. The molecule has 0 aliphatic heterocycles. The molecule has 0 unspecified atom stereocenters. The fourth-order valence-electron chi connectivity index (χ4n) is 0.584. The van der Waals surface area contributed by atoms with Gasteiger partial charge in [-0.3, -0.25) is 4.99 Å². The summed E-state index contributed by atoms with van der Waals surface area (Å²) < 4.78 is 0.